The van der Waals surface area contributed by atoms with Crippen molar-refractivity contribution in [2.45, 2.75) is 12.8 Å². The van der Waals surface area contributed by atoms with E-state index in [1.54, 1.807) is 42.5 Å². The van der Waals surface area contributed by atoms with Crippen LogP contribution in [-0.4, -0.2) is 22.0 Å². The summed E-state index contributed by atoms with van der Waals surface area (Å²) in [6.45, 7) is 0. The number of H-pyrrole nitrogens is 1. The van der Waals surface area contributed by atoms with E-state index in [0.717, 1.165) is 0 Å². The van der Waals surface area contributed by atoms with Gasteiger partial charge in [0.2, 0.25) is 5.91 Å². The Morgan fingerprint density at radius 2 is 1.69 bits per heavy atom. The number of aromatic nitrogens is 2. The summed E-state index contributed by atoms with van der Waals surface area (Å²) in [5.41, 5.74) is 4.49. The molecule has 0 spiro atoms. The van der Waals surface area contributed by atoms with Crippen LogP contribution in [0.1, 0.15) is 22.5 Å². The molecular weight excluding hydrogens is 339 g/mol. The Kier molecular flexibility index (Phi) is 5.02. The van der Waals surface area contributed by atoms with Crippen molar-refractivity contribution < 1.29 is 14.0 Å². The van der Waals surface area contributed by atoms with Gasteiger partial charge in [-0.1, -0.05) is 36.4 Å². The smallest absolute Gasteiger partial charge is 0.273 e. The van der Waals surface area contributed by atoms with Crippen molar-refractivity contribution in [2.24, 2.45) is 0 Å². The number of nitrogens with one attached hydrogen (secondary N) is 3. The molecule has 0 fully saturated rings. The van der Waals surface area contributed by atoms with Gasteiger partial charge in [0.1, 0.15) is 5.82 Å². The zero-order chi connectivity index (χ0) is 18.5. The van der Waals surface area contributed by atoms with Crippen molar-refractivity contribution in [3.05, 3.63) is 76.0 Å². The average molecular weight is 354 g/mol. The summed E-state index contributed by atoms with van der Waals surface area (Å²) in [6.07, 6.45) is 0.204. The number of halogens is 1. The van der Waals surface area contributed by atoms with Crippen LogP contribution in [0.4, 0.5) is 4.39 Å². The van der Waals surface area contributed by atoms with Crippen molar-refractivity contribution in [1.82, 2.24) is 21.0 Å². The molecular formula is C18H15FN4O3. The molecule has 1 heterocycles. The third kappa shape index (κ3) is 3.75. The normalized spacial score (nSPS) is 10.5. The summed E-state index contributed by atoms with van der Waals surface area (Å²) in [4.78, 5) is 35.8. The van der Waals surface area contributed by atoms with Gasteiger partial charge in [0, 0.05) is 11.8 Å². The molecule has 0 atom stereocenters. The zero-order valence-electron chi connectivity index (χ0n) is 13.6. The molecule has 7 nitrogen and oxygen atoms in total. The number of benzene rings is 2. The molecule has 2 aromatic carbocycles. The van der Waals surface area contributed by atoms with E-state index < -0.39 is 17.4 Å². The minimum atomic E-state index is -0.670. The summed E-state index contributed by atoms with van der Waals surface area (Å²) < 4.78 is 13.5. The third-order valence-corrected chi connectivity index (χ3v) is 3.81. The number of amides is 2. The lowest BCUT2D eigenvalue weighted by Gasteiger charge is -2.08. The highest BCUT2D eigenvalue weighted by molar-refractivity contribution is 6.05. The molecule has 1 aromatic heterocycles. The molecule has 3 aromatic rings. The quantitative estimate of drug-likeness (QED) is 0.617. The maximum absolute atomic E-state index is 13.5. The van der Waals surface area contributed by atoms with Crippen molar-refractivity contribution in [2.75, 3.05) is 0 Å². The minimum Gasteiger partial charge on any atom is -0.273 e. The average Bonchev–Trinajstić information content (AvgIpc) is 2.66. The molecule has 132 valence electrons. The van der Waals surface area contributed by atoms with Gasteiger partial charge < -0.3 is 0 Å². The monoisotopic (exact) mass is 354 g/mol. The number of hydrazine groups is 1. The van der Waals surface area contributed by atoms with Crippen LogP contribution in [0.2, 0.25) is 0 Å². The van der Waals surface area contributed by atoms with E-state index >= 15 is 0 Å². The molecule has 0 saturated heterocycles. The Labute approximate surface area is 147 Å². The second-order valence-electron chi connectivity index (χ2n) is 5.54. The lowest BCUT2D eigenvalue weighted by atomic mass is 10.1. The first-order chi connectivity index (χ1) is 12.6. The van der Waals surface area contributed by atoms with Gasteiger partial charge in [-0.2, -0.15) is 5.10 Å². The lowest BCUT2D eigenvalue weighted by Crippen LogP contribution is -2.42. The summed E-state index contributed by atoms with van der Waals surface area (Å²) >= 11 is 0. The van der Waals surface area contributed by atoms with Crippen LogP contribution in [0, 0.1) is 5.82 Å². The van der Waals surface area contributed by atoms with Gasteiger partial charge in [-0.3, -0.25) is 25.2 Å². The molecule has 3 N–H and O–H groups in total. The SMILES string of the molecule is O=C(CCc1ccccc1F)NNC(=O)c1n[nH]c(=O)c2ccccc12. The molecule has 3 rings (SSSR count). The van der Waals surface area contributed by atoms with Crippen LogP contribution in [0.3, 0.4) is 0 Å². The highest BCUT2D eigenvalue weighted by atomic mass is 19.1. The first kappa shape index (κ1) is 17.3. The first-order valence-corrected chi connectivity index (χ1v) is 7.86. The number of carbonyl (C=O) groups is 2. The van der Waals surface area contributed by atoms with Crippen molar-refractivity contribution in [3.63, 3.8) is 0 Å². The highest BCUT2D eigenvalue weighted by Crippen LogP contribution is 2.12. The van der Waals surface area contributed by atoms with Crippen LogP contribution in [0.25, 0.3) is 10.8 Å². The fourth-order valence-electron chi connectivity index (χ4n) is 2.49. The summed E-state index contributed by atoms with van der Waals surface area (Å²) in [5, 5.41) is 6.67. The number of carbonyl (C=O) groups excluding carboxylic acids is 2. The minimum absolute atomic E-state index is 0.00100. The Balaban J connectivity index is 1.62. The van der Waals surface area contributed by atoms with Gasteiger partial charge in [-0.05, 0) is 24.1 Å². The van der Waals surface area contributed by atoms with E-state index in [4.69, 9.17) is 0 Å². The Bertz CT molecular complexity index is 1030. The number of aryl methyl sites for hydroxylation is 1. The maximum atomic E-state index is 13.5. The molecule has 0 unspecified atom stereocenters. The molecule has 2 amide bonds. The fraction of sp³-hybridized carbons (Fsp3) is 0.111. The molecule has 26 heavy (non-hydrogen) atoms. The van der Waals surface area contributed by atoms with Crippen LogP contribution >= 0.6 is 0 Å². The Morgan fingerprint density at radius 3 is 2.46 bits per heavy atom. The molecule has 0 saturated carbocycles. The number of aromatic amines is 1. The van der Waals surface area contributed by atoms with Gasteiger partial charge in [-0.15, -0.1) is 0 Å². The molecule has 8 heteroatoms. The molecule has 0 radical (unpaired) electrons. The molecule has 0 aliphatic rings. The van der Waals surface area contributed by atoms with E-state index in [2.05, 4.69) is 21.0 Å². The van der Waals surface area contributed by atoms with Crippen molar-refractivity contribution >= 4 is 22.6 Å². The van der Waals surface area contributed by atoms with Crippen LogP contribution in [-0.2, 0) is 11.2 Å². The molecule has 0 aliphatic heterocycles. The zero-order valence-corrected chi connectivity index (χ0v) is 13.6. The summed E-state index contributed by atoms with van der Waals surface area (Å²) in [6, 6.07) is 12.7. The molecule has 0 aliphatic carbocycles. The van der Waals surface area contributed by atoms with E-state index in [1.807, 2.05) is 0 Å². The van der Waals surface area contributed by atoms with E-state index in [9.17, 15) is 18.8 Å². The predicted molar refractivity (Wildman–Crippen MR) is 92.7 cm³/mol. The predicted octanol–water partition coefficient (Wildman–Crippen LogP) is 1.46. The Hall–Kier alpha value is -3.55. The number of hydrogen-bond acceptors (Lipinski definition) is 4. The van der Waals surface area contributed by atoms with E-state index in [0.29, 0.717) is 16.3 Å². The van der Waals surface area contributed by atoms with Crippen LogP contribution in [0.5, 0.6) is 0 Å². The number of nitrogens with zero attached hydrogens (tertiary/aromatic N) is 1. The first-order valence-electron chi connectivity index (χ1n) is 7.86. The van der Waals surface area contributed by atoms with E-state index in [1.165, 1.54) is 6.07 Å². The summed E-state index contributed by atoms with van der Waals surface area (Å²) in [5.74, 6) is -1.53. The fourth-order valence-corrected chi connectivity index (χ4v) is 2.49. The van der Waals surface area contributed by atoms with E-state index in [-0.39, 0.29) is 24.4 Å². The largest absolute Gasteiger partial charge is 0.290 e. The van der Waals surface area contributed by atoms with Crippen LogP contribution < -0.4 is 16.4 Å². The van der Waals surface area contributed by atoms with Gasteiger partial charge >= 0.3 is 0 Å². The van der Waals surface area contributed by atoms with Gasteiger partial charge in [0.05, 0.1) is 5.39 Å². The maximum Gasteiger partial charge on any atom is 0.290 e. The van der Waals surface area contributed by atoms with Gasteiger partial charge in [-0.25, -0.2) is 9.49 Å². The van der Waals surface area contributed by atoms with Gasteiger partial charge in [0.15, 0.2) is 5.69 Å². The second kappa shape index (κ2) is 7.56. The standard InChI is InChI=1S/C18H15FN4O3/c19-14-8-4-1-5-11(14)9-10-15(24)20-23-18(26)16-12-6-2-3-7-13(12)17(25)22-21-16/h1-8H,9-10H2,(H,20,24)(H,22,25)(H,23,26). The number of hydrogen-bond donors (Lipinski definition) is 3. The van der Waals surface area contributed by atoms with Crippen LogP contribution in [0.15, 0.2) is 53.3 Å². The molecule has 0 bridgehead atoms. The highest BCUT2D eigenvalue weighted by Gasteiger charge is 2.14. The van der Waals surface area contributed by atoms with Crippen molar-refractivity contribution in [3.8, 4) is 0 Å². The van der Waals surface area contributed by atoms with Crippen molar-refractivity contribution in [1.29, 1.82) is 0 Å². The summed E-state index contributed by atoms with van der Waals surface area (Å²) in [7, 11) is 0. The second-order valence-corrected chi connectivity index (χ2v) is 5.54. The number of rotatable bonds is 4. The lowest BCUT2D eigenvalue weighted by molar-refractivity contribution is -0.121. The Morgan fingerprint density at radius 1 is 1.00 bits per heavy atom. The third-order valence-electron chi connectivity index (χ3n) is 3.81. The topological polar surface area (TPSA) is 104 Å². The van der Waals surface area contributed by atoms with Gasteiger partial charge in [0.25, 0.3) is 11.5 Å². The number of fused-ring (bicyclic) bond motifs is 1.